The normalized spacial score (nSPS) is 10.4. The third-order valence-corrected chi connectivity index (χ3v) is 2.82. The van der Waals surface area contributed by atoms with Gasteiger partial charge >= 0.3 is 0 Å². The molecule has 19 heavy (non-hydrogen) atoms. The fourth-order valence-corrected chi connectivity index (χ4v) is 1.86. The third kappa shape index (κ3) is 3.13. The molecule has 0 aliphatic rings. The topological polar surface area (TPSA) is 67.2 Å². The zero-order valence-electron chi connectivity index (χ0n) is 11.1. The van der Waals surface area contributed by atoms with E-state index in [2.05, 4.69) is 10.4 Å². The summed E-state index contributed by atoms with van der Waals surface area (Å²) in [5.41, 5.74) is 2.33. The lowest BCUT2D eigenvalue weighted by Gasteiger charge is -2.06. The molecule has 2 N–H and O–H groups in total. The Morgan fingerprint density at radius 3 is 2.68 bits per heavy atom. The number of phenols is 1. The molecule has 0 radical (unpaired) electrons. The number of nitrogens with one attached hydrogen (secondary N) is 1. The molecule has 0 aliphatic heterocycles. The number of nitrogens with zero attached hydrogens (tertiary/aromatic N) is 2. The minimum Gasteiger partial charge on any atom is -0.508 e. The van der Waals surface area contributed by atoms with Gasteiger partial charge in [0.15, 0.2) is 0 Å². The highest BCUT2D eigenvalue weighted by Crippen LogP contribution is 2.10. The van der Waals surface area contributed by atoms with Crippen LogP contribution in [-0.2, 0) is 13.1 Å². The van der Waals surface area contributed by atoms with E-state index in [1.807, 2.05) is 13.8 Å². The van der Waals surface area contributed by atoms with Crippen molar-refractivity contribution in [3.05, 3.63) is 47.3 Å². The molecule has 5 heteroatoms. The zero-order valence-corrected chi connectivity index (χ0v) is 11.1. The van der Waals surface area contributed by atoms with Crippen LogP contribution in [0.3, 0.4) is 0 Å². The highest BCUT2D eigenvalue weighted by atomic mass is 16.3. The van der Waals surface area contributed by atoms with Crippen molar-refractivity contribution < 1.29 is 9.90 Å². The van der Waals surface area contributed by atoms with Gasteiger partial charge in [-0.3, -0.25) is 9.48 Å². The molecule has 2 aromatic rings. The number of carbonyl (C=O) groups is 1. The van der Waals surface area contributed by atoms with E-state index < -0.39 is 0 Å². The molecule has 1 amide bonds. The van der Waals surface area contributed by atoms with Gasteiger partial charge in [-0.05, 0) is 37.6 Å². The van der Waals surface area contributed by atoms with E-state index in [1.54, 1.807) is 35.0 Å². The predicted molar refractivity (Wildman–Crippen MR) is 71.9 cm³/mol. The largest absolute Gasteiger partial charge is 0.508 e. The summed E-state index contributed by atoms with van der Waals surface area (Å²) < 4.78 is 1.68. The summed E-state index contributed by atoms with van der Waals surface area (Å²) in [7, 11) is 0. The standard InChI is InChI=1S/C14H17N3O2/c1-3-17-13(8-10(2)16-17)14(19)15-9-11-4-6-12(18)7-5-11/h4-8,18H,3,9H2,1-2H3,(H,15,19). The van der Waals surface area contributed by atoms with Crippen molar-refractivity contribution in [2.45, 2.75) is 26.9 Å². The molecular formula is C14H17N3O2. The van der Waals surface area contributed by atoms with Gasteiger partial charge in [-0.1, -0.05) is 12.1 Å². The average molecular weight is 259 g/mol. The first kappa shape index (κ1) is 13.1. The average Bonchev–Trinajstić information content (AvgIpc) is 2.79. The number of benzene rings is 1. The van der Waals surface area contributed by atoms with Gasteiger partial charge in [0.25, 0.3) is 5.91 Å². The minimum atomic E-state index is -0.143. The van der Waals surface area contributed by atoms with Gasteiger partial charge in [0.05, 0.1) is 5.69 Å². The molecule has 0 aliphatic carbocycles. The van der Waals surface area contributed by atoms with E-state index in [1.165, 1.54) is 0 Å². The van der Waals surface area contributed by atoms with Crippen molar-refractivity contribution in [3.63, 3.8) is 0 Å². The quantitative estimate of drug-likeness (QED) is 0.880. The molecule has 0 spiro atoms. The SMILES string of the molecule is CCn1nc(C)cc1C(=O)NCc1ccc(O)cc1. The Morgan fingerprint density at radius 1 is 1.37 bits per heavy atom. The Balaban J connectivity index is 2.03. The summed E-state index contributed by atoms with van der Waals surface area (Å²) >= 11 is 0. The van der Waals surface area contributed by atoms with Gasteiger partial charge in [0, 0.05) is 13.1 Å². The van der Waals surface area contributed by atoms with E-state index >= 15 is 0 Å². The maximum Gasteiger partial charge on any atom is 0.269 e. The van der Waals surface area contributed by atoms with Crippen molar-refractivity contribution in [1.82, 2.24) is 15.1 Å². The van der Waals surface area contributed by atoms with Gasteiger partial charge in [-0.25, -0.2) is 0 Å². The van der Waals surface area contributed by atoms with Crippen molar-refractivity contribution >= 4 is 5.91 Å². The number of aromatic nitrogens is 2. The predicted octanol–water partition coefficient (Wildman–Crippen LogP) is 1.85. The molecule has 0 bridgehead atoms. The molecule has 1 aromatic carbocycles. The zero-order chi connectivity index (χ0) is 13.8. The smallest absolute Gasteiger partial charge is 0.269 e. The molecule has 0 unspecified atom stereocenters. The van der Waals surface area contributed by atoms with Crippen LogP contribution in [0, 0.1) is 6.92 Å². The number of phenolic OH excluding ortho intramolecular Hbond substituents is 1. The van der Waals surface area contributed by atoms with Crippen LogP contribution in [0.25, 0.3) is 0 Å². The van der Waals surface area contributed by atoms with Crippen LogP contribution >= 0.6 is 0 Å². The van der Waals surface area contributed by atoms with Gasteiger partial charge in [0.1, 0.15) is 11.4 Å². The highest BCUT2D eigenvalue weighted by Gasteiger charge is 2.12. The van der Waals surface area contributed by atoms with Crippen LogP contribution in [0.15, 0.2) is 30.3 Å². The van der Waals surface area contributed by atoms with E-state index in [0.717, 1.165) is 11.3 Å². The van der Waals surface area contributed by atoms with E-state index in [9.17, 15) is 9.90 Å². The van der Waals surface area contributed by atoms with Crippen molar-refractivity contribution in [2.24, 2.45) is 0 Å². The van der Waals surface area contributed by atoms with Crippen molar-refractivity contribution in [1.29, 1.82) is 0 Å². The van der Waals surface area contributed by atoms with Gasteiger partial charge in [0.2, 0.25) is 0 Å². The lowest BCUT2D eigenvalue weighted by molar-refractivity contribution is 0.0940. The highest BCUT2D eigenvalue weighted by molar-refractivity contribution is 5.92. The summed E-state index contributed by atoms with van der Waals surface area (Å²) in [5, 5.41) is 16.3. The van der Waals surface area contributed by atoms with E-state index in [0.29, 0.717) is 18.8 Å². The summed E-state index contributed by atoms with van der Waals surface area (Å²) in [6.45, 7) is 4.90. The summed E-state index contributed by atoms with van der Waals surface area (Å²) in [4.78, 5) is 12.1. The molecule has 2 rings (SSSR count). The lowest BCUT2D eigenvalue weighted by Crippen LogP contribution is -2.25. The molecule has 0 atom stereocenters. The minimum absolute atomic E-state index is 0.143. The molecule has 5 nitrogen and oxygen atoms in total. The Morgan fingerprint density at radius 2 is 2.05 bits per heavy atom. The van der Waals surface area contributed by atoms with Crippen LogP contribution in [0.5, 0.6) is 5.75 Å². The number of carbonyl (C=O) groups excluding carboxylic acids is 1. The molecule has 0 saturated carbocycles. The Kier molecular flexibility index (Phi) is 3.85. The van der Waals surface area contributed by atoms with Crippen LogP contribution in [-0.4, -0.2) is 20.8 Å². The first-order chi connectivity index (χ1) is 9.10. The van der Waals surface area contributed by atoms with Crippen LogP contribution in [0.1, 0.15) is 28.7 Å². The Bertz CT molecular complexity index is 573. The maximum atomic E-state index is 12.1. The second-order valence-corrected chi connectivity index (χ2v) is 4.34. The van der Waals surface area contributed by atoms with Crippen LogP contribution < -0.4 is 5.32 Å². The number of rotatable bonds is 4. The van der Waals surface area contributed by atoms with Crippen LogP contribution in [0.4, 0.5) is 0 Å². The lowest BCUT2D eigenvalue weighted by atomic mass is 10.2. The monoisotopic (exact) mass is 259 g/mol. The molecule has 1 heterocycles. The van der Waals surface area contributed by atoms with E-state index in [-0.39, 0.29) is 11.7 Å². The molecule has 0 saturated heterocycles. The summed E-state index contributed by atoms with van der Waals surface area (Å²) in [5.74, 6) is 0.0743. The molecule has 1 aromatic heterocycles. The van der Waals surface area contributed by atoms with Gasteiger partial charge in [-0.15, -0.1) is 0 Å². The fraction of sp³-hybridized carbons (Fsp3) is 0.286. The number of aryl methyl sites for hydroxylation is 2. The van der Waals surface area contributed by atoms with Crippen LogP contribution in [0.2, 0.25) is 0 Å². The number of aromatic hydroxyl groups is 1. The number of hydrogen-bond donors (Lipinski definition) is 2. The number of hydrogen-bond acceptors (Lipinski definition) is 3. The van der Waals surface area contributed by atoms with Crippen molar-refractivity contribution in [3.8, 4) is 5.75 Å². The molecule has 100 valence electrons. The maximum absolute atomic E-state index is 12.1. The fourth-order valence-electron chi connectivity index (χ4n) is 1.86. The second kappa shape index (κ2) is 5.56. The number of amides is 1. The molecular weight excluding hydrogens is 242 g/mol. The summed E-state index contributed by atoms with van der Waals surface area (Å²) in [6.07, 6.45) is 0. The van der Waals surface area contributed by atoms with Gasteiger partial charge in [-0.2, -0.15) is 5.10 Å². The third-order valence-electron chi connectivity index (χ3n) is 2.82. The Labute approximate surface area is 111 Å². The van der Waals surface area contributed by atoms with E-state index in [4.69, 9.17) is 0 Å². The van der Waals surface area contributed by atoms with Gasteiger partial charge < -0.3 is 10.4 Å². The first-order valence-corrected chi connectivity index (χ1v) is 6.20. The second-order valence-electron chi connectivity index (χ2n) is 4.34. The Hall–Kier alpha value is -2.30. The summed E-state index contributed by atoms with van der Waals surface area (Å²) in [6, 6.07) is 8.52. The first-order valence-electron chi connectivity index (χ1n) is 6.20. The molecule has 0 fully saturated rings. The van der Waals surface area contributed by atoms with Crippen molar-refractivity contribution in [2.75, 3.05) is 0 Å².